The van der Waals surface area contributed by atoms with Crippen molar-refractivity contribution in [1.82, 2.24) is 9.21 Å². The van der Waals surface area contributed by atoms with Gasteiger partial charge in [-0.2, -0.15) is 4.31 Å². The second-order valence-corrected chi connectivity index (χ2v) is 9.90. The molecule has 2 aromatic rings. The Morgan fingerprint density at radius 1 is 0.967 bits per heavy atom. The summed E-state index contributed by atoms with van der Waals surface area (Å²) < 4.78 is 53.5. The molecule has 1 aliphatic heterocycles. The molecule has 1 amide bonds. The predicted molar refractivity (Wildman–Crippen MR) is 108 cm³/mol. The van der Waals surface area contributed by atoms with Gasteiger partial charge in [-0.3, -0.25) is 4.79 Å². The van der Waals surface area contributed by atoms with E-state index in [1.807, 2.05) is 11.0 Å². The summed E-state index contributed by atoms with van der Waals surface area (Å²) in [5.74, 6) is -1.05. The predicted octanol–water partition coefficient (Wildman–Crippen LogP) is 3.56. The topological polar surface area (TPSA) is 57.7 Å². The zero-order valence-corrected chi connectivity index (χ0v) is 17.3. The first-order chi connectivity index (χ1) is 14.3. The lowest BCUT2D eigenvalue weighted by atomic mass is 9.96. The first-order valence-corrected chi connectivity index (χ1v) is 11.6. The summed E-state index contributed by atoms with van der Waals surface area (Å²) in [5, 5.41) is 0. The lowest BCUT2D eigenvalue weighted by Gasteiger charge is -2.34. The Morgan fingerprint density at radius 2 is 1.63 bits per heavy atom. The molecule has 2 aliphatic rings. The quantitative estimate of drug-likeness (QED) is 0.699. The average molecular weight is 435 g/mol. The highest BCUT2D eigenvalue weighted by atomic mass is 32.2. The lowest BCUT2D eigenvalue weighted by Crippen LogP contribution is -2.44. The molecule has 0 aromatic heterocycles. The summed E-state index contributed by atoms with van der Waals surface area (Å²) in [6.45, 7) is 0.860. The van der Waals surface area contributed by atoms with Crippen molar-refractivity contribution in [3.05, 3.63) is 65.7 Å². The fraction of sp³-hybridized carbons (Fsp3) is 0.409. The van der Waals surface area contributed by atoms with E-state index in [1.165, 1.54) is 28.6 Å². The van der Waals surface area contributed by atoms with Crippen molar-refractivity contribution in [2.45, 2.75) is 43.2 Å². The molecule has 2 fully saturated rings. The van der Waals surface area contributed by atoms with E-state index >= 15 is 0 Å². The van der Waals surface area contributed by atoms with E-state index in [2.05, 4.69) is 0 Å². The van der Waals surface area contributed by atoms with Crippen LogP contribution in [-0.4, -0.2) is 42.7 Å². The summed E-state index contributed by atoms with van der Waals surface area (Å²) in [6.07, 6.45) is 2.76. The molecule has 0 bridgehead atoms. The molecule has 0 spiro atoms. The third kappa shape index (κ3) is 4.54. The molecule has 4 rings (SSSR count). The van der Waals surface area contributed by atoms with E-state index in [4.69, 9.17) is 0 Å². The van der Waals surface area contributed by atoms with Crippen LogP contribution in [0.25, 0.3) is 0 Å². The van der Waals surface area contributed by atoms with Crippen LogP contribution in [0.4, 0.5) is 8.78 Å². The highest BCUT2D eigenvalue weighted by Crippen LogP contribution is 2.32. The van der Waals surface area contributed by atoms with Crippen LogP contribution in [0.15, 0.2) is 53.4 Å². The van der Waals surface area contributed by atoms with Gasteiger partial charge in [-0.15, -0.1) is 0 Å². The number of nitrogens with zero attached hydrogens (tertiary/aromatic N) is 2. The highest BCUT2D eigenvalue weighted by Gasteiger charge is 2.38. The third-order valence-electron chi connectivity index (χ3n) is 5.77. The van der Waals surface area contributed by atoms with Gasteiger partial charge in [0.25, 0.3) is 0 Å². The molecule has 1 saturated carbocycles. The number of hydrogen-bond acceptors (Lipinski definition) is 3. The number of sulfonamides is 1. The standard InChI is InChI=1S/C22H24F2N2O3S/c23-18-4-8-21(9-5-18)30(28,29)25-12-10-17(11-13-25)22(27)26(20-6-7-20)15-16-2-1-3-19(24)14-16/h1-5,8-9,14,17,20H,6-7,10-13,15H2. The van der Waals surface area contributed by atoms with E-state index < -0.39 is 15.8 Å². The number of hydrogen-bond donors (Lipinski definition) is 0. The van der Waals surface area contributed by atoms with Crippen LogP contribution in [0.1, 0.15) is 31.2 Å². The number of rotatable bonds is 6. The maximum absolute atomic E-state index is 13.5. The van der Waals surface area contributed by atoms with Crippen molar-refractivity contribution in [2.75, 3.05) is 13.1 Å². The van der Waals surface area contributed by atoms with Crippen molar-refractivity contribution in [3.63, 3.8) is 0 Å². The van der Waals surface area contributed by atoms with Gasteiger partial charge in [0.05, 0.1) is 4.90 Å². The third-order valence-corrected chi connectivity index (χ3v) is 7.68. The zero-order chi connectivity index (χ0) is 21.3. The Kier molecular flexibility index (Phi) is 5.88. The Morgan fingerprint density at radius 3 is 2.23 bits per heavy atom. The van der Waals surface area contributed by atoms with Gasteiger partial charge in [-0.1, -0.05) is 12.1 Å². The molecular weight excluding hydrogens is 410 g/mol. The smallest absolute Gasteiger partial charge is 0.243 e. The molecule has 0 N–H and O–H groups in total. The second kappa shape index (κ2) is 8.43. The summed E-state index contributed by atoms with van der Waals surface area (Å²) in [7, 11) is -3.71. The van der Waals surface area contributed by atoms with Crippen LogP contribution < -0.4 is 0 Å². The van der Waals surface area contributed by atoms with Gasteiger partial charge >= 0.3 is 0 Å². The van der Waals surface area contributed by atoms with E-state index in [1.54, 1.807) is 6.07 Å². The van der Waals surface area contributed by atoms with E-state index in [0.29, 0.717) is 19.4 Å². The van der Waals surface area contributed by atoms with Crippen molar-refractivity contribution in [2.24, 2.45) is 5.92 Å². The van der Waals surface area contributed by atoms with E-state index in [-0.39, 0.29) is 41.7 Å². The number of amides is 1. The highest BCUT2D eigenvalue weighted by molar-refractivity contribution is 7.89. The SMILES string of the molecule is O=C(C1CCN(S(=O)(=O)c2ccc(F)cc2)CC1)N(Cc1cccc(F)c1)C1CC1. The molecule has 2 aromatic carbocycles. The lowest BCUT2D eigenvalue weighted by molar-refractivity contribution is -0.138. The number of carbonyl (C=O) groups is 1. The number of carbonyl (C=O) groups excluding carboxylic acids is 1. The van der Waals surface area contributed by atoms with Gasteiger partial charge in [0.2, 0.25) is 15.9 Å². The first-order valence-electron chi connectivity index (χ1n) is 10.2. The summed E-state index contributed by atoms with van der Waals surface area (Å²) in [5.41, 5.74) is 0.756. The van der Waals surface area contributed by atoms with Crippen molar-refractivity contribution in [3.8, 4) is 0 Å². The molecule has 1 saturated heterocycles. The molecule has 30 heavy (non-hydrogen) atoms. The van der Waals surface area contributed by atoms with Crippen LogP contribution in [0.5, 0.6) is 0 Å². The Hall–Kier alpha value is -2.32. The van der Waals surface area contributed by atoms with Crippen LogP contribution in [0.3, 0.4) is 0 Å². The minimum Gasteiger partial charge on any atom is -0.335 e. The second-order valence-electron chi connectivity index (χ2n) is 7.96. The molecule has 5 nitrogen and oxygen atoms in total. The minimum atomic E-state index is -3.71. The molecule has 1 aliphatic carbocycles. The largest absolute Gasteiger partial charge is 0.335 e. The Bertz CT molecular complexity index is 1010. The van der Waals surface area contributed by atoms with Crippen LogP contribution >= 0.6 is 0 Å². The monoisotopic (exact) mass is 434 g/mol. The summed E-state index contributed by atoms with van der Waals surface area (Å²) in [6, 6.07) is 11.2. The molecule has 0 unspecified atom stereocenters. The van der Waals surface area contributed by atoms with Crippen LogP contribution in [-0.2, 0) is 21.4 Å². The van der Waals surface area contributed by atoms with Gasteiger partial charge in [0, 0.05) is 31.6 Å². The average Bonchev–Trinajstić information content (AvgIpc) is 3.57. The Labute approximate surface area is 175 Å². The molecule has 8 heteroatoms. The number of piperidine rings is 1. The maximum atomic E-state index is 13.5. The summed E-state index contributed by atoms with van der Waals surface area (Å²) >= 11 is 0. The molecule has 0 radical (unpaired) electrons. The molecule has 160 valence electrons. The van der Waals surface area contributed by atoms with Crippen LogP contribution in [0.2, 0.25) is 0 Å². The van der Waals surface area contributed by atoms with Crippen molar-refractivity contribution < 1.29 is 22.0 Å². The Balaban J connectivity index is 1.41. The van der Waals surface area contributed by atoms with Gasteiger partial charge in [0.15, 0.2) is 0 Å². The first kappa shape index (κ1) is 20.9. The van der Waals surface area contributed by atoms with Crippen molar-refractivity contribution in [1.29, 1.82) is 0 Å². The van der Waals surface area contributed by atoms with E-state index in [0.717, 1.165) is 30.5 Å². The van der Waals surface area contributed by atoms with Crippen molar-refractivity contribution >= 4 is 15.9 Å². The normalized spacial score (nSPS) is 18.3. The number of halogens is 2. The minimum absolute atomic E-state index is 0.0144. The van der Waals surface area contributed by atoms with Gasteiger partial charge < -0.3 is 4.90 Å². The van der Waals surface area contributed by atoms with Gasteiger partial charge in [0.1, 0.15) is 11.6 Å². The molecule has 1 heterocycles. The van der Waals surface area contributed by atoms with E-state index in [9.17, 15) is 22.0 Å². The number of benzene rings is 2. The zero-order valence-electron chi connectivity index (χ0n) is 16.5. The molecule has 0 atom stereocenters. The maximum Gasteiger partial charge on any atom is 0.243 e. The summed E-state index contributed by atoms with van der Waals surface area (Å²) in [4.78, 5) is 15.0. The van der Waals surface area contributed by atoms with Gasteiger partial charge in [-0.25, -0.2) is 17.2 Å². The fourth-order valence-electron chi connectivity index (χ4n) is 3.94. The van der Waals surface area contributed by atoms with Gasteiger partial charge in [-0.05, 0) is 67.6 Å². The fourth-order valence-corrected chi connectivity index (χ4v) is 5.41. The molecular formula is C22H24F2N2O3S. The van der Waals surface area contributed by atoms with Crippen LogP contribution in [0, 0.1) is 17.6 Å².